The van der Waals surface area contributed by atoms with Crippen molar-refractivity contribution in [3.63, 3.8) is 0 Å². The van der Waals surface area contributed by atoms with Gasteiger partial charge in [-0.25, -0.2) is 12.8 Å². The molecule has 0 heterocycles. The number of rotatable bonds is 4. The molecule has 0 unspecified atom stereocenters. The lowest BCUT2D eigenvalue weighted by molar-refractivity contribution is 0.466. The maximum Gasteiger partial charge on any atom is 0.244 e. The molecule has 0 aliphatic heterocycles. The molecule has 0 saturated carbocycles. The average Bonchev–Trinajstić information content (AvgIpc) is 2.49. The lowest BCUT2D eigenvalue weighted by Gasteiger charge is -2.19. The Kier molecular flexibility index (Phi) is 5.27. The van der Waals surface area contributed by atoms with Crippen molar-refractivity contribution < 1.29 is 12.8 Å². The van der Waals surface area contributed by atoms with Crippen LogP contribution in [0.15, 0.2) is 41.3 Å². The topological polar surface area (TPSA) is 61.2 Å². The first-order valence-corrected chi connectivity index (χ1v) is 8.56. The van der Waals surface area contributed by atoms with Gasteiger partial charge in [-0.15, -0.1) is 0 Å². The van der Waals surface area contributed by atoms with Gasteiger partial charge < -0.3 is 0 Å². The number of nitrogens with zero attached hydrogens (tertiary/aromatic N) is 2. The summed E-state index contributed by atoms with van der Waals surface area (Å²) in [5, 5.41) is 9.31. The number of halogens is 3. The lowest BCUT2D eigenvalue weighted by Crippen LogP contribution is -2.27. The van der Waals surface area contributed by atoms with E-state index in [0.717, 1.165) is 10.4 Å². The Balaban J connectivity index is 2.40. The van der Waals surface area contributed by atoms with E-state index < -0.39 is 15.8 Å². The van der Waals surface area contributed by atoms with Gasteiger partial charge in [-0.2, -0.15) is 9.57 Å². The maximum absolute atomic E-state index is 13.1. The monoisotopic (exact) mass is 372 g/mol. The zero-order valence-electron chi connectivity index (χ0n) is 11.9. The first-order valence-electron chi connectivity index (χ1n) is 6.36. The Labute approximate surface area is 143 Å². The summed E-state index contributed by atoms with van der Waals surface area (Å²) in [7, 11) is -2.61. The average molecular weight is 373 g/mol. The number of sulfonamides is 1. The molecule has 4 nitrogen and oxygen atoms in total. The van der Waals surface area contributed by atoms with Gasteiger partial charge in [0.2, 0.25) is 10.0 Å². The predicted molar refractivity (Wildman–Crippen MR) is 86.2 cm³/mol. The fraction of sp³-hybridized carbons (Fsp3) is 0.133. The Morgan fingerprint density at radius 1 is 1.22 bits per heavy atom. The van der Waals surface area contributed by atoms with Crippen LogP contribution in [0.2, 0.25) is 10.0 Å². The molecule has 0 aromatic heterocycles. The van der Waals surface area contributed by atoms with Crippen molar-refractivity contribution in [3.8, 4) is 6.07 Å². The Bertz CT molecular complexity index is 895. The molecule has 2 rings (SSSR count). The van der Waals surface area contributed by atoms with E-state index in [1.807, 2.05) is 0 Å². The highest BCUT2D eigenvalue weighted by Gasteiger charge is 2.26. The summed E-state index contributed by atoms with van der Waals surface area (Å²) in [5.41, 5.74) is 0.325. The summed E-state index contributed by atoms with van der Waals surface area (Å²) in [6, 6.07) is 9.71. The van der Waals surface area contributed by atoms with E-state index in [-0.39, 0.29) is 27.0 Å². The minimum atomic E-state index is -3.96. The maximum atomic E-state index is 13.1. The van der Waals surface area contributed by atoms with Crippen LogP contribution in [0.3, 0.4) is 0 Å². The van der Waals surface area contributed by atoms with Crippen LogP contribution in [0.4, 0.5) is 4.39 Å². The Morgan fingerprint density at radius 3 is 2.52 bits per heavy atom. The van der Waals surface area contributed by atoms with Gasteiger partial charge in [0, 0.05) is 18.6 Å². The molecule has 0 fully saturated rings. The van der Waals surface area contributed by atoms with Gasteiger partial charge in [0.15, 0.2) is 0 Å². The van der Waals surface area contributed by atoms with E-state index in [2.05, 4.69) is 0 Å². The van der Waals surface area contributed by atoms with Crippen LogP contribution in [-0.2, 0) is 16.6 Å². The molecule has 0 saturated heterocycles. The van der Waals surface area contributed by atoms with Crippen molar-refractivity contribution >= 4 is 33.2 Å². The first-order chi connectivity index (χ1) is 10.8. The number of hydrogen-bond acceptors (Lipinski definition) is 3. The molecule has 120 valence electrons. The van der Waals surface area contributed by atoms with Crippen LogP contribution in [-0.4, -0.2) is 19.8 Å². The molecule has 0 amide bonds. The summed E-state index contributed by atoms with van der Waals surface area (Å²) < 4.78 is 39.4. The molecule has 2 aromatic rings. The van der Waals surface area contributed by atoms with Crippen molar-refractivity contribution in [1.29, 1.82) is 5.26 Å². The second-order valence-electron chi connectivity index (χ2n) is 4.72. The highest BCUT2D eigenvalue weighted by molar-refractivity contribution is 7.89. The van der Waals surface area contributed by atoms with Gasteiger partial charge in [0.05, 0.1) is 10.6 Å². The molecule has 2 aromatic carbocycles. The third-order valence-corrected chi connectivity index (χ3v) is 5.70. The van der Waals surface area contributed by atoms with E-state index in [1.165, 1.54) is 37.4 Å². The lowest BCUT2D eigenvalue weighted by atomic mass is 10.2. The van der Waals surface area contributed by atoms with Crippen LogP contribution in [0.25, 0.3) is 0 Å². The standard InChI is InChI=1S/C15H11Cl2FN2O2S/c1-20(9-10-5-6-11(18)7-14(10)17)23(21,22)15-4-2-3-13(16)12(15)8-19/h2-7H,9H2,1H3. The predicted octanol–water partition coefficient (Wildman–Crippen LogP) is 3.82. The summed E-state index contributed by atoms with van der Waals surface area (Å²) in [4.78, 5) is -0.187. The zero-order chi connectivity index (χ0) is 17.2. The molecule has 8 heteroatoms. The van der Waals surface area contributed by atoms with Crippen molar-refractivity contribution in [3.05, 3.63) is 63.4 Å². The van der Waals surface area contributed by atoms with Crippen LogP contribution in [0, 0.1) is 17.1 Å². The number of nitriles is 1. The van der Waals surface area contributed by atoms with E-state index in [1.54, 1.807) is 6.07 Å². The van der Waals surface area contributed by atoms with E-state index >= 15 is 0 Å². The van der Waals surface area contributed by atoms with Crippen molar-refractivity contribution in [2.45, 2.75) is 11.4 Å². The van der Waals surface area contributed by atoms with Gasteiger partial charge in [0.25, 0.3) is 0 Å². The molecule has 0 spiro atoms. The smallest absolute Gasteiger partial charge is 0.207 e. The molecule has 0 aliphatic carbocycles. The van der Waals surface area contributed by atoms with Crippen LogP contribution < -0.4 is 0 Å². The molecular formula is C15H11Cl2FN2O2S. The fourth-order valence-corrected chi connectivity index (χ4v) is 3.78. The third kappa shape index (κ3) is 3.65. The van der Waals surface area contributed by atoms with Crippen LogP contribution in [0.1, 0.15) is 11.1 Å². The van der Waals surface area contributed by atoms with Gasteiger partial charge in [-0.3, -0.25) is 0 Å². The molecule has 0 bridgehead atoms. The molecular weight excluding hydrogens is 362 g/mol. The molecule has 0 N–H and O–H groups in total. The largest absolute Gasteiger partial charge is 0.244 e. The van der Waals surface area contributed by atoms with Gasteiger partial charge in [-0.1, -0.05) is 35.3 Å². The molecule has 0 radical (unpaired) electrons. The van der Waals surface area contributed by atoms with Crippen LogP contribution in [0.5, 0.6) is 0 Å². The van der Waals surface area contributed by atoms with Crippen LogP contribution >= 0.6 is 23.2 Å². The van der Waals surface area contributed by atoms with Gasteiger partial charge >= 0.3 is 0 Å². The highest BCUT2D eigenvalue weighted by atomic mass is 35.5. The number of benzene rings is 2. The minimum Gasteiger partial charge on any atom is -0.207 e. The Morgan fingerprint density at radius 2 is 1.91 bits per heavy atom. The quantitative estimate of drug-likeness (QED) is 0.819. The van der Waals surface area contributed by atoms with Crippen molar-refractivity contribution in [2.24, 2.45) is 0 Å². The third-order valence-electron chi connectivity index (χ3n) is 3.18. The summed E-state index contributed by atoms with van der Waals surface area (Å²) >= 11 is 11.8. The number of hydrogen-bond donors (Lipinski definition) is 0. The van der Waals surface area contributed by atoms with Crippen molar-refractivity contribution in [2.75, 3.05) is 7.05 Å². The zero-order valence-corrected chi connectivity index (χ0v) is 14.3. The van der Waals surface area contributed by atoms with E-state index in [4.69, 9.17) is 28.5 Å². The second-order valence-corrected chi connectivity index (χ2v) is 7.55. The van der Waals surface area contributed by atoms with Crippen molar-refractivity contribution in [1.82, 2.24) is 4.31 Å². The van der Waals surface area contributed by atoms with Gasteiger partial charge in [0.1, 0.15) is 16.8 Å². The highest BCUT2D eigenvalue weighted by Crippen LogP contribution is 2.27. The SMILES string of the molecule is CN(Cc1ccc(F)cc1Cl)S(=O)(=O)c1cccc(Cl)c1C#N. The van der Waals surface area contributed by atoms with E-state index in [0.29, 0.717) is 5.56 Å². The first kappa shape index (κ1) is 17.7. The Hall–Kier alpha value is -1.65. The minimum absolute atomic E-state index is 0.0572. The fourth-order valence-electron chi connectivity index (χ4n) is 1.97. The normalized spacial score (nSPS) is 11.5. The summed E-state index contributed by atoms with van der Waals surface area (Å²) in [6.45, 7) is -0.0706. The summed E-state index contributed by atoms with van der Waals surface area (Å²) in [5.74, 6) is -0.508. The molecule has 23 heavy (non-hydrogen) atoms. The summed E-state index contributed by atoms with van der Waals surface area (Å²) in [6.07, 6.45) is 0. The molecule has 0 aliphatic rings. The second kappa shape index (κ2) is 6.85. The van der Waals surface area contributed by atoms with E-state index in [9.17, 15) is 12.8 Å². The van der Waals surface area contributed by atoms with Gasteiger partial charge in [-0.05, 0) is 29.8 Å². The molecule has 0 atom stereocenters.